The third-order valence-electron chi connectivity index (χ3n) is 5.66. The van der Waals surface area contributed by atoms with Crippen LogP contribution in [0.3, 0.4) is 0 Å². The van der Waals surface area contributed by atoms with Gasteiger partial charge in [-0.3, -0.25) is 5.43 Å². The summed E-state index contributed by atoms with van der Waals surface area (Å²) in [4.78, 5) is 11.9. The van der Waals surface area contributed by atoms with Crippen LogP contribution in [0.2, 0.25) is 0 Å². The number of hydrogen-bond donors (Lipinski definition) is 3. The van der Waals surface area contributed by atoms with Crippen LogP contribution in [0.1, 0.15) is 43.4 Å². The molecule has 2 fully saturated rings. The second-order valence-electron chi connectivity index (χ2n) is 7.55. The van der Waals surface area contributed by atoms with Gasteiger partial charge in [0.25, 0.3) is 0 Å². The molecule has 4 rings (SSSR count). The van der Waals surface area contributed by atoms with Gasteiger partial charge in [0.2, 0.25) is 0 Å². The first-order valence-corrected chi connectivity index (χ1v) is 9.84. The van der Waals surface area contributed by atoms with Crippen LogP contribution in [-0.4, -0.2) is 36.3 Å². The summed E-state index contributed by atoms with van der Waals surface area (Å²) in [5.74, 6) is 0.420. The first-order chi connectivity index (χ1) is 12.6. The molecule has 7 heteroatoms. The summed E-state index contributed by atoms with van der Waals surface area (Å²) in [6.07, 6.45) is 2.19. The molecule has 6 atom stereocenters. The SMILES string of the molecule is C[C@@H]1CCNC(=O)OCc2cccc(c2)C2NNC3CC(Cl)C(CC32)O1. The van der Waals surface area contributed by atoms with Gasteiger partial charge < -0.3 is 14.8 Å². The van der Waals surface area contributed by atoms with Gasteiger partial charge in [0, 0.05) is 12.6 Å². The zero-order chi connectivity index (χ0) is 18.1. The van der Waals surface area contributed by atoms with E-state index in [2.05, 4.69) is 28.3 Å². The van der Waals surface area contributed by atoms with Crippen molar-refractivity contribution in [3.05, 3.63) is 35.4 Å². The fourth-order valence-corrected chi connectivity index (χ4v) is 4.63. The molecule has 5 unspecified atom stereocenters. The quantitative estimate of drug-likeness (QED) is 0.604. The number of rotatable bonds is 0. The van der Waals surface area contributed by atoms with Crippen LogP contribution >= 0.6 is 11.6 Å². The molecule has 0 spiro atoms. The third-order valence-corrected chi connectivity index (χ3v) is 6.12. The van der Waals surface area contributed by atoms with E-state index in [0.29, 0.717) is 18.5 Å². The van der Waals surface area contributed by atoms with Crippen molar-refractivity contribution in [2.24, 2.45) is 5.92 Å². The first kappa shape index (κ1) is 18.0. The lowest BCUT2D eigenvalue weighted by molar-refractivity contribution is -0.0354. The Bertz CT molecular complexity index is 659. The smallest absolute Gasteiger partial charge is 0.407 e. The number of hydrogen-bond acceptors (Lipinski definition) is 5. The Hall–Kier alpha value is -1.34. The van der Waals surface area contributed by atoms with Crippen molar-refractivity contribution < 1.29 is 14.3 Å². The molecule has 4 bridgehead atoms. The van der Waals surface area contributed by atoms with Crippen molar-refractivity contribution in [1.82, 2.24) is 16.2 Å². The van der Waals surface area contributed by atoms with E-state index in [1.165, 1.54) is 5.56 Å². The number of carbonyl (C=O) groups excluding carboxylic acids is 1. The highest BCUT2D eigenvalue weighted by Crippen LogP contribution is 2.41. The number of carbonyl (C=O) groups is 1. The van der Waals surface area contributed by atoms with Gasteiger partial charge in [-0.05, 0) is 43.2 Å². The van der Waals surface area contributed by atoms with Gasteiger partial charge in [-0.15, -0.1) is 11.6 Å². The molecule has 6 nitrogen and oxygen atoms in total. The molecule has 1 saturated heterocycles. The zero-order valence-corrected chi connectivity index (χ0v) is 15.7. The fraction of sp³-hybridized carbons (Fsp3) is 0.632. The van der Waals surface area contributed by atoms with Crippen LogP contribution in [0, 0.1) is 5.92 Å². The van der Waals surface area contributed by atoms with Gasteiger partial charge in [0.05, 0.1) is 23.6 Å². The van der Waals surface area contributed by atoms with Gasteiger partial charge in [-0.1, -0.05) is 24.3 Å². The summed E-state index contributed by atoms with van der Waals surface area (Å²) in [5, 5.41) is 2.78. The Labute approximate surface area is 158 Å². The normalized spacial score (nSPS) is 37.8. The molecule has 1 amide bonds. The van der Waals surface area contributed by atoms with Crippen molar-refractivity contribution in [3.8, 4) is 0 Å². The summed E-state index contributed by atoms with van der Waals surface area (Å²) >= 11 is 6.62. The minimum Gasteiger partial charge on any atom is -0.445 e. The van der Waals surface area contributed by atoms with E-state index >= 15 is 0 Å². The van der Waals surface area contributed by atoms with E-state index in [1.807, 2.05) is 19.1 Å². The van der Waals surface area contributed by atoms with Crippen LogP contribution < -0.4 is 16.2 Å². The lowest BCUT2D eigenvalue weighted by atomic mass is 9.77. The summed E-state index contributed by atoms with van der Waals surface area (Å²) < 4.78 is 11.6. The average Bonchev–Trinajstić information content (AvgIpc) is 3.02. The predicted molar refractivity (Wildman–Crippen MR) is 98.7 cm³/mol. The summed E-state index contributed by atoms with van der Waals surface area (Å²) in [5.41, 5.74) is 9.05. The van der Waals surface area contributed by atoms with Crippen molar-refractivity contribution in [1.29, 1.82) is 0 Å². The molecule has 2 heterocycles. The molecule has 0 radical (unpaired) electrons. The van der Waals surface area contributed by atoms with Gasteiger partial charge in [-0.2, -0.15) is 0 Å². The Morgan fingerprint density at radius 1 is 1.23 bits per heavy atom. The van der Waals surface area contributed by atoms with E-state index in [4.69, 9.17) is 21.1 Å². The van der Waals surface area contributed by atoms with Crippen LogP contribution in [-0.2, 0) is 16.1 Å². The maximum absolute atomic E-state index is 11.9. The summed E-state index contributed by atoms with van der Waals surface area (Å²) in [7, 11) is 0. The van der Waals surface area contributed by atoms with Gasteiger partial charge in [0.1, 0.15) is 6.61 Å². The second kappa shape index (κ2) is 7.72. The predicted octanol–water partition coefficient (Wildman–Crippen LogP) is 2.63. The van der Waals surface area contributed by atoms with Crippen molar-refractivity contribution in [3.63, 3.8) is 0 Å². The van der Waals surface area contributed by atoms with Crippen LogP contribution in [0.25, 0.3) is 0 Å². The lowest BCUT2D eigenvalue weighted by Crippen LogP contribution is -2.44. The maximum atomic E-state index is 11.9. The third kappa shape index (κ3) is 3.83. The second-order valence-corrected chi connectivity index (χ2v) is 8.11. The maximum Gasteiger partial charge on any atom is 0.407 e. The van der Waals surface area contributed by atoms with Crippen LogP contribution in [0.4, 0.5) is 4.79 Å². The van der Waals surface area contributed by atoms with Crippen LogP contribution in [0.15, 0.2) is 24.3 Å². The average molecular weight is 380 g/mol. The van der Waals surface area contributed by atoms with E-state index < -0.39 is 6.09 Å². The lowest BCUT2D eigenvalue weighted by Gasteiger charge is -2.37. The number of benzene rings is 1. The molecule has 0 aromatic heterocycles. The van der Waals surface area contributed by atoms with Crippen molar-refractivity contribution in [2.75, 3.05) is 6.54 Å². The van der Waals surface area contributed by atoms with Gasteiger partial charge in [0.15, 0.2) is 0 Å². The van der Waals surface area contributed by atoms with Crippen molar-refractivity contribution >= 4 is 17.7 Å². The van der Waals surface area contributed by atoms with E-state index in [1.54, 1.807) is 0 Å². The molecule has 142 valence electrons. The zero-order valence-electron chi connectivity index (χ0n) is 14.9. The highest BCUT2D eigenvalue weighted by molar-refractivity contribution is 6.21. The molecule has 26 heavy (non-hydrogen) atoms. The molecule has 3 N–H and O–H groups in total. The highest BCUT2D eigenvalue weighted by atomic mass is 35.5. The Kier molecular flexibility index (Phi) is 5.36. The molecular weight excluding hydrogens is 354 g/mol. The molecule has 1 saturated carbocycles. The van der Waals surface area contributed by atoms with E-state index in [-0.39, 0.29) is 30.2 Å². The Morgan fingerprint density at radius 3 is 3.00 bits per heavy atom. The number of halogens is 1. The number of alkyl halides is 1. The van der Waals surface area contributed by atoms with Gasteiger partial charge in [-0.25, -0.2) is 10.2 Å². The number of nitrogens with one attached hydrogen (secondary N) is 3. The monoisotopic (exact) mass is 379 g/mol. The van der Waals surface area contributed by atoms with E-state index in [9.17, 15) is 4.79 Å². The number of alkyl carbamates (subject to hydrolysis) is 1. The van der Waals surface area contributed by atoms with Gasteiger partial charge >= 0.3 is 6.09 Å². The standard InChI is InChI=1S/C19H26ClN3O3/c1-11-5-6-21-19(24)25-10-12-3-2-4-13(7-12)18-14-8-17(26-11)15(20)9-16(14)22-23-18/h2-4,7,11,14-18,22-23H,5-6,8-10H2,1H3,(H,21,24)/t11-,14?,15?,16?,17?,18?/m1/s1. The number of hydrazine groups is 1. The van der Waals surface area contributed by atoms with Crippen molar-refractivity contribution in [2.45, 2.75) is 62.5 Å². The summed E-state index contributed by atoms with van der Waals surface area (Å²) in [6.45, 7) is 2.83. The van der Waals surface area contributed by atoms with E-state index in [0.717, 1.165) is 24.8 Å². The fourth-order valence-electron chi connectivity index (χ4n) is 4.28. The highest BCUT2D eigenvalue weighted by Gasteiger charge is 2.45. The number of fused-ring (bicyclic) bond motifs is 4. The number of cyclic esters (lactones) is 1. The topological polar surface area (TPSA) is 71.6 Å². The summed E-state index contributed by atoms with van der Waals surface area (Å²) in [6, 6.07) is 8.77. The largest absolute Gasteiger partial charge is 0.445 e. The first-order valence-electron chi connectivity index (χ1n) is 9.40. The Balaban J connectivity index is 1.60. The Morgan fingerprint density at radius 2 is 2.12 bits per heavy atom. The minimum absolute atomic E-state index is 0.00769. The molecular formula is C19H26ClN3O3. The number of amides is 1. The molecule has 1 aliphatic carbocycles. The van der Waals surface area contributed by atoms with Crippen LogP contribution in [0.5, 0.6) is 0 Å². The number of ether oxygens (including phenoxy) is 2. The molecule has 1 aromatic rings. The molecule has 3 aliphatic rings. The molecule has 1 aromatic carbocycles. The minimum atomic E-state index is -0.396. The molecule has 2 aliphatic heterocycles.